The molecule has 0 spiro atoms. The lowest BCUT2D eigenvalue weighted by Gasteiger charge is -2.26. The van der Waals surface area contributed by atoms with Crippen LogP contribution in [0.25, 0.3) is 0 Å². The van der Waals surface area contributed by atoms with Gasteiger partial charge in [0.1, 0.15) is 0 Å². The Morgan fingerprint density at radius 1 is 1.38 bits per heavy atom. The SMILES string of the molecule is C=CCN(Cc1ccccc1)CC(O)CN1CCCC1=O. The van der Waals surface area contributed by atoms with Gasteiger partial charge in [0.25, 0.3) is 0 Å². The number of hydrogen-bond donors (Lipinski definition) is 1. The number of benzene rings is 1. The fraction of sp³-hybridized carbons (Fsp3) is 0.471. The second kappa shape index (κ2) is 7.96. The van der Waals surface area contributed by atoms with Crippen molar-refractivity contribution in [1.82, 2.24) is 9.80 Å². The normalized spacial score (nSPS) is 16.5. The first-order valence-electron chi connectivity index (χ1n) is 7.52. The fourth-order valence-corrected chi connectivity index (χ4v) is 2.74. The van der Waals surface area contributed by atoms with Gasteiger partial charge in [-0.3, -0.25) is 9.69 Å². The summed E-state index contributed by atoms with van der Waals surface area (Å²) in [5.74, 6) is 0.160. The lowest BCUT2D eigenvalue weighted by Crippen LogP contribution is -2.40. The summed E-state index contributed by atoms with van der Waals surface area (Å²) in [5, 5.41) is 10.2. The number of rotatable bonds is 8. The van der Waals surface area contributed by atoms with Gasteiger partial charge in [-0.05, 0) is 12.0 Å². The number of likely N-dealkylation sites (tertiary alicyclic amines) is 1. The van der Waals surface area contributed by atoms with Gasteiger partial charge in [0.15, 0.2) is 0 Å². The summed E-state index contributed by atoms with van der Waals surface area (Å²) in [6.45, 7) is 7.03. The lowest BCUT2D eigenvalue weighted by atomic mass is 10.2. The smallest absolute Gasteiger partial charge is 0.222 e. The molecule has 1 aromatic rings. The van der Waals surface area contributed by atoms with Crippen molar-refractivity contribution in [2.75, 3.05) is 26.2 Å². The maximum Gasteiger partial charge on any atom is 0.222 e. The third-order valence-corrected chi connectivity index (χ3v) is 3.71. The van der Waals surface area contributed by atoms with E-state index in [0.717, 1.165) is 26.1 Å². The third-order valence-electron chi connectivity index (χ3n) is 3.71. The monoisotopic (exact) mass is 288 g/mol. The Morgan fingerprint density at radius 2 is 2.14 bits per heavy atom. The molecule has 4 heteroatoms. The lowest BCUT2D eigenvalue weighted by molar-refractivity contribution is -0.129. The van der Waals surface area contributed by atoms with Crippen molar-refractivity contribution in [2.45, 2.75) is 25.5 Å². The number of amides is 1. The Labute approximate surface area is 126 Å². The van der Waals surface area contributed by atoms with Crippen molar-refractivity contribution in [3.05, 3.63) is 48.6 Å². The van der Waals surface area contributed by atoms with Crippen molar-refractivity contribution in [2.24, 2.45) is 0 Å². The van der Waals surface area contributed by atoms with Gasteiger partial charge in [-0.1, -0.05) is 36.4 Å². The number of aliphatic hydroxyl groups is 1. The number of carbonyl (C=O) groups is 1. The van der Waals surface area contributed by atoms with Crippen LogP contribution in [0.4, 0.5) is 0 Å². The van der Waals surface area contributed by atoms with E-state index in [1.54, 1.807) is 4.90 Å². The second-order valence-corrected chi connectivity index (χ2v) is 5.57. The summed E-state index contributed by atoms with van der Waals surface area (Å²) in [6, 6.07) is 10.2. The summed E-state index contributed by atoms with van der Waals surface area (Å²) in [5.41, 5.74) is 1.21. The third kappa shape index (κ3) is 4.99. The van der Waals surface area contributed by atoms with E-state index in [9.17, 15) is 9.90 Å². The molecule has 114 valence electrons. The Morgan fingerprint density at radius 3 is 2.76 bits per heavy atom. The summed E-state index contributed by atoms with van der Waals surface area (Å²) < 4.78 is 0. The minimum absolute atomic E-state index is 0.160. The zero-order valence-electron chi connectivity index (χ0n) is 12.4. The molecule has 0 bridgehead atoms. The van der Waals surface area contributed by atoms with Crippen molar-refractivity contribution in [3.8, 4) is 0 Å². The predicted molar refractivity (Wildman–Crippen MR) is 83.7 cm³/mol. The van der Waals surface area contributed by atoms with Crippen molar-refractivity contribution < 1.29 is 9.90 Å². The first-order valence-corrected chi connectivity index (χ1v) is 7.52. The molecule has 2 rings (SSSR count). The van der Waals surface area contributed by atoms with Crippen LogP contribution in [0, 0.1) is 0 Å². The molecule has 1 heterocycles. The van der Waals surface area contributed by atoms with Gasteiger partial charge >= 0.3 is 0 Å². The summed E-state index contributed by atoms with van der Waals surface area (Å²) >= 11 is 0. The Bertz CT molecular complexity index is 461. The van der Waals surface area contributed by atoms with E-state index in [-0.39, 0.29) is 5.91 Å². The summed E-state index contributed by atoms with van der Waals surface area (Å²) in [6.07, 6.45) is 2.85. The van der Waals surface area contributed by atoms with E-state index >= 15 is 0 Å². The number of aliphatic hydroxyl groups excluding tert-OH is 1. The largest absolute Gasteiger partial charge is 0.390 e. The first kappa shape index (κ1) is 15.7. The molecule has 1 atom stereocenters. The zero-order valence-corrected chi connectivity index (χ0v) is 12.4. The van der Waals surface area contributed by atoms with E-state index in [4.69, 9.17) is 0 Å². The molecule has 0 radical (unpaired) electrons. The van der Waals surface area contributed by atoms with Gasteiger partial charge in [-0.15, -0.1) is 6.58 Å². The van der Waals surface area contributed by atoms with Crippen LogP contribution in [0.15, 0.2) is 43.0 Å². The number of carbonyl (C=O) groups excluding carboxylic acids is 1. The highest BCUT2D eigenvalue weighted by Gasteiger charge is 2.23. The molecule has 0 saturated carbocycles. The van der Waals surface area contributed by atoms with Gasteiger partial charge < -0.3 is 10.0 Å². The van der Waals surface area contributed by atoms with Gasteiger partial charge in [-0.25, -0.2) is 0 Å². The Kier molecular flexibility index (Phi) is 5.96. The molecular weight excluding hydrogens is 264 g/mol. The Hall–Kier alpha value is -1.65. The van der Waals surface area contributed by atoms with Crippen LogP contribution in [-0.4, -0.2) is 53.1 Å². The molecule has 1 saturated heterocycles. The molecule has 1 aliphatic rings. The fourth-order valence-electron chi connectivity index (χ4n) is 2.74. The molecule has 1 aliphatic heterocycles. The molecule has 1 aromatic carbocycles. The van der Waals surface area contributed by atoms with Crippen LogP contribution in [0.1, 0.15) is 18.4 Å². The van der Waals surface area contributed by atoms with Gasteiger partial charge in [0.05, 0.1) is 6.10 Å². The Balaban J connectivity index is 1.86. The maximum atomic E-state index is 11.6. The molecule has 1 N–H and O–H groups in total. The topological polar surface area (TPSA) is 43.8 Å². The minimum Gasteiger partial charge on any atom is -0.390 e. The van der Waals surface area contributed by atoms with Gasteiger partial charge in [-0.2, -0.15) is 0 Å². The molecule has 0 aliphatic carbocycles. The van der Waals surface area contributed by atoms with E-state index < -0.39 is 6.10 Å². The van der Waals surface area contributed by atoms with Gasteiger partial charge in [0.2, 0.25) is 5.91 Å². The van der Waals surface area contributed by atoms with Crippen LogP contribution in [0.3, 0.4) is 0 Å². The van der Waals surface area contributed by atoms with Crippen molar-refractivity contribution in [1.29, 1.82) is 0 Å². The average Bonchev–Trinajstić information content (AvgIpc) is 2.85. The van der Waals surface area contributed by atoms with Crippen molar-refractivity contribution in [3.63, 3.8) is 0 Å². The number of nitrogens with zero attached hydrogens (tertiary/aromatic N) is 2. The maximum absolute atomic E-state index is 11.6. The predicted octanol–water partition coefficient (Wildman–Crippen LogP) is 1.66. The van der Waals surface area contributed by atoms with Crippen LogP contribution < -0.4 is 0 Å². The summed E-state index contributed by atoms with van der Waals surface area (Å²) in [7, 11) is 0. The first-order chi connectivity index (χ1) is 10.2. The quantitative estimate of drug-likeness (QED) is 0.740. The highest BCUT2D eigenvalue weighted by atomic mass is 16.3. The molecule has 21 heavy (non-hydrogen) atoms. The second-order valence-electron chi connectivity index (χ2n) is 5.57. The number of β-amino-alcohol motifs (C(OH)–C–C–N with tert-alkyl or cyclic N) is 1. The highest BCUT2D eigenvalue weighted by molar-refractivity contribution is 5.78. The van der Waals surface area contributed by atoms with E-state index in [2.05, 4.69) is 23.6 Å². The van der Waals surface area contributed by atoms with E-state index in [0.29, 0.717) is 19.5 Å². The molecule has 1 unspecified atom stereocenters. The average molecular weight is 288 g/mol. The minimum atomic E-state index is -0.518. The zero-order chi connectivity index (χ0) is 15.1. The molecular formula is C17H24N2O2. The van der Waals surface area contributed by atoms with Crippen LogP contribution in [0.2, 0.25) is 0 Å². The highest BCUT2D eigenvalue weighted by Crippen LogP contribution is 2.11. The number of hydrogen-bond acceptors (Lipinski definition) is 3. The molecule has 4 nitrogen and oxygen atoms in total. The molecule has 0 aromatic heterocycles. The van der Waals surface area contributed by atoms with E-state index in [1.165, 1.54) is 5.56 Å². The van der Waals surface area contributed by atoms with Crippen LogP contribution in [-0.2, 0) is 11.3 Å². The van der Waals surface area contributed by atoms with E-state index in [1.807, 2.05) is 24.3 Å². The van der Waals surface area contributed by atoms with Crippen LogP contribution >= 0.6 is 0 Å². The molecule has 1 fully saturated rings. The van der Waals surface area contributed by atoms with Crippen LogP contribution in [0.5, 0.6) is 0 Å². The van der Waals surface area contributed by atoms with Gasteiger partial charge in [0, 0.05) is 39.1 Å². The summed E-state index contributed by atoms with van der Waals surface area (Å²) in [4.78, 5) is 15.5. The van der Waals surface area contributed by atoms with Crippen molar-refractivity contribution >= 4 is 5.91 Å². The molecule has 1 amide bonds. The standard InChI is InChI=1S/C17H24N2O2/c1-2-10-18(12-15-7-4-3-5-8-15)13-16(20)14-19-11-6-9-17(19)21/h2-5,7-8,16,20H,1,6,9-14H2.